The third-order valence-electron chi connectivity index (χ3n) is 2.40. The Bertz CT molecular complexity index is 348. The van der Waals surface area contributed by atoms with Gasteiger partial charge in [0, 0.05) is 18.1 Å². The average Bonchev–Trinajstić information content (AvgIpc) is 2.29. The van der Waals surface area contributed by atoms with Crippen LogP contribution in [-0.4, -0.2) is 52.6 Å². The summed E-state index contributed by atoms with van der Waals surface area (Å²) in [5, 5.41) is 11.5. The minimum Gasteiger partial charge on any atom is -0.481 e. The molecule has 1 heterocycles. The number of nitrogens with one attached hydrogen (secondary N) is 1. The van der Waals surface area contributed by atoms with Crippen molar-refractivity contribution in [2.45, 2.75) is 19.4 Å². The molecule has 2 N–H and O–H groups in total. The van der Waals surface area contributed by atoms with E-state index in [1.54, 1.807) is 23.6 Å². The predicted molar refractivity (Wildman–Crippen MR) is 66.9 cm³/mol. The van der Waals surface area contributed by atoms with Crippen molar-refractivity contribution in [3.8, 4) is 11.8 Å². The van der Waals surface area contributed by atoms with Crippen molar-refractivity contribution < 1.29 is 14.7 Å². The number of amides is 2. The van der Waals surface area contributed by atoms with Gasteiger partial charge in [-0.15, -0.1) is 5.92 Å². The third kappa shape index (κ3) is 4.57. The normalized spacial score (nSPS) is 19.1. The van der Waals surface area contributed by atoms with Crippen molar-refractivity contribution >= 4 is 23.8 Å². The summed E-state index contributed by atoms with van der Waals surface area (Å²) in [5.41, 5.74) is 0. The van der Waals surface area contributed by atoms with Gasteiger partial charge in [-0.3, -0.25) is 4.79 Å². The Morgan fingerprint density at radius 2 is 2.35 bits per heavy atom. The second-order valence-corrected chi connectivity index (χ2v) is 4.76. The number of carbonyl (C=O) groups is 2. The van der Waals surface area contributed by atoms with Gasteiger partial charge in [0.25, 0.3) is 0 Å². The highest BCUT2D eigenvalue weighted by Crippen LogP contribution is 2.18. The first-order valence-electron chi connectivity index (χ1n) is 5.38. The molecular weight excluding hydrogens is 240 g/mol. The zero-order valence-corrected chi connectivity index (χ0v) is 10.5. The average molecular weight is 256 g/mol. The van der Waals surface area contributed by atoms with Crippen LogP contribution in [0.1, 0.15) is 13.3 Å². The number of aliphatic carboxylic acids is 1. The van der Waals surface area contributed by atoms with E-state index in [0.717, 1.165) is 5.75 Å². The molecule has 1 saturated heterocycles. The highest BCUT2D eigenvalue weighted by atomic mass is 32.2. The van der Waals surface area contributed by atoms with Gasteiger partial charge in [0.05, 0.1) is 19.0 Å². The van der Waals surface area contributed by atoms with Crippen molar-refractivity contribution in [3.05, 3.63) is 0 Å². The van der Waals surface area contributed by atoms with Crippen LogP contribution in [0.3, 0.4) is 0 Å². The number of hydrogen-bond donors (Lipinski definition) is 2. The van der Waals surface area contributed by atoms with Crippen LogP contribution in [0.25, 0.3) is 0 Å². The number of carboxylic acids is 1. The Morgan fingerprint density at radius 1 is 1.59 bits per heavy atom. The molecule has 2 amide bonds. The van der Waals surface area contributed by atoms with E-state index in [4.69, 9.17) is 5.11 Å². The van der Waals surface area contributed by atoms with E-state index in [2.05, 4.69) is 17.2 Å². The third-order valence-corrected chi connectivity index (χ3v) is 3.50. The Kier molecular flexibility index (Phi) is 5.70. The lowest BCUT2D eigenvalue weighted by atomic mass is 10.2. The van der Waals surface area contributed by atoms with Gasteiger partial charge in [0.15, 0.2) is 0 Å². The molecule has 1 fully saturated rings. The van der Waals surface area contributed by atoms with E-state index >= 15 is 0 Å². The van der Waals surface area contributed by atoms with Crippen LogP contribution in [0, 0.1) is 11.8 Å². The van der Waals surface area contributed by atoms with Gasteiger partial charge in [0.1, 0.15) is 0 Å². The number of urea groups is 1. The van der Waals surface area contributed by atoms with Crippen molar-refractivity contribution in [2.75, 3.05) is 24.6 Å². The van der Waals surface area contributed by atoms with Crippen LogP contribution >= 0.6 is 11.8 Å². The lowest BCUT2D eigenvalue weighted by molar-refractivity contribution is -0.137. The summed E-state index contributed by atoms with van der Waals surface area (Å²) in [5.74, 6) is 6.09. The fourth-order valence-corrected chi connectivity index (χ4v) is 2.66. The van der Waals surface area contributed by atoms with E-state index in [-0.39, 0.29) is 18.5 Å². The molecule has 1 unspecified atom stereocenters. The van der Waals surface area contributed by atoms with Crippen LogP contribution in [0.2, 0.25) is 0 Å². The van der Waals surface area contributed by atoms with Crippen LogP contribution in [0.5, 0.6) is 0 Å². The standard InChI is InChI=1S/C11H16N2O3S/c1-2-3-4-12-11(16)13-5-6-17-8-9(13)7-10(14)15/h9H,4-8H2,1H3,(H,12,16)(H,14,15). The zero-order valence-electron chi connectivity index (χ0n) is 9.73. The summed E-state index contributed by atoms with van der Waals surface area (Å²) >= 11 is 1.68. The predicted octanol–water partition coefficient (Wildman–Crippen LogP) is 0.611. The Labute approximate surface area is 105 Å². The Morgan fingerprint density at radius 3 is 3.00 bits per heavy atom. The smallest absolute Gasteiger partial charge is 0.318 e. The largest absolute Gasteiger partial charge is 0.481 e. The summed E-state index contributed by atoms with van der Waals surface area (Å²) in [6.45, 7) is 2.60. The molecule has 0 saturated carbocycles. The molecule has 0 aromatic carbocycles. The number of carbonyl (C=O) groups excluding carboxylic acids is 1. The van der Waals surface area contributed by atoms with Gasteiger partial charge in [-0.2, -0.15) is 11.8 Å². The van der Waals surface area contributed by atoms with Crippen molar-refractivity contribution in [1.82, 2.24) is 10.2 Å². The molecule has 6 heteroatoms. The number of thioether (sulfide) groups is 1. The lowest BCUT2D eigenvalue weighted by Gasteiger charge is -2.34. The van der Waals surface area contributed by atoms with E-state index in [9.17, 15) is 9.59 Å². The van der Waals surface area contributed by atoms with E-state index < -0.39 is 5.97 Å². The van der Waals surface area contributed by atoms with E-state index in [0.29, 0.717) is 18.8 Å². The number of hydrogen-bond acceptors (Lipinski definition) is 3. The first-order chi connectivity index (χ1) is 8.15. The van der Waals surface area contributed by atoms with Gasteiger partial charge in [-0.1, -0.05) is 5.92 Å². The van der Waals surface area contributed by atoms with E-state index in [1.165, 1.54) is 0 Å². The van der Waals surface area contributed by atoms with Crippen molar-refractivity contribution in [3.63, 3.8) is 0 Å². The molecule has 0 aliphatic carbocycles. The Hall–Kier alpha value is -1.35. The fraction of sp³-hybridized carbons (Fsp3) is 0.636. The highest BCUT2D eigenvalue weighted by Gasteiger charge is 2.28. The molecular formula is C11H16N2O3S. The maximum absolute atomic E-state index is 11.8. The SMILES string of the molecule is CC#CCNC(=O)N1CCSCC1CC(=O)O. The maximum Gasteiger partial charge on any atom is 0.318 e. The molecule has 1 atom stereocenters. The van der Waals surface area contributed by atoms with Crippen LogP contribution in [0.4, 0.5) is 4.79 Å². The monoisotopic (exact) mass is 256 g/mol. The van der Waals surface area contributed by atoms with E-state index in [1.807, 2.05) is 0 Å². The van der Waals surface area contributed by atoms with Crippen LogP contribution in [-0.2, 0) is 4.79 Å². The molecule has 0 aromatic heterocycles. The molecule has 5 nitrogen and oxygen atoms in total. The second-order valence-electron chi connectivity index (χ2n) is 3.61. The minimum absolute atomic E-state index is 0.000123. The first kappa shape index (κ1) is 13.7. The summed E-state index contributed by atoms with van der Waals surface area (Å²) in [4.78, 5) is 24.1. The molecule has 0 radical (unpaired) electrons. The summed E-state index contributed by atoms with van der Waals surface area (Å²) < 4.78 is 0. The summed E-state index contributed by atoms with van der Waals surface area (Å²) in [7, 11) is 0. The molecule has 1 aliphatic heterocycles. The minimum atomic E-state index is -0.872. The summed E-state index contributed by atoms with van der Waals surface area (Å²) in [6.07, 6.45) is -0.000123. The van der Waals surface area contributed by atoms with Gasteiger partial charge in [-0.25, -0.2) is 4.79 Å². The van der Waals surface area contributed by atoms with Crippen LogP contribution < -0.4 is 5.32 Å². The molecule has 1 aliphatic rings. The maximum atomic E-state index is 11.8. The molecule has 1 rings (SSSR count). The second kappa shape index (κ2) is 7.07. The number of nitrogens with zero attached hydrogens (tertiary/aromatic N) is 1. The topological polar surface area (TPSA) is 69.6 Å². The van der Waals surface area contributed by atoms with Gasteiger partial charge >= 0.3 is 12.0 Å². The number of rotatable bonds is 3. The van der Waals surface area contributed by atoms with Gasteiger partial charge in [0.2, 0.25) is 0 Å². The van der Waals surface area contributed by atoms with Gasteiger partial charge < -0.3 is 15.3 Å². The summed E-state index contributed by atoms with van der Waals surface area (Å²) in [6, 6.07) is -0.444. The Balaban J connectivity index is 2.53. The fourth-order valence-electron chi connectivity index (χ4n) is 1.60. The van der Waals surface area contributed by atoms with Crippen molar-refractivity contribution in [1.29, 1.82) is 0 Å². The highest BCUT2D eigenvalue weighted by molar-refractivity contribution is 7.99. The molecule has 0 aromatic rings. The quantitative estimate of drug-likeness (QED) is 0.726. The molecule has 17 heavy (non-hydrogen) atoms. The zero-order chi connectivity index (χ0) is 12.7. The number of carboxylic acid groups (broad SMARTS) is 1. The van der Waals surface area contributed by atoms with Crippen LogP contribution in [0.15, 0.2) is 0 Å². The van der Waals surface area contributed by atoms with Gasteiger partial charge in [-0.05, 0) is 6.92 Å². The first-order valence-corrected chi connectivity index (χ1v) is 6.54. The van der Waals surface area contributed by atoms with Crippen molar-refractivity contribution in [2.24, 2.45) is 0 Å². The lowest BCUT2D eigenvalue weighted by Crippen LogP contribution is -2.51. The molecule has 0 bridgehead atoms. The molecule has 94 valence electrons. The molecule has 0 spiro atoms.